The van der Waals surface area contributed by atoms with E-state index in [1.165, 1.54) is 48.7 Å². The van der Waals surface area contributed by atoms with Gasteiger partial charge in [-0.05, 0) is 59.5 Å². The number of hydrogen-bond acceptors (Lipinski definition) is 7. The quantitative estimate of drug-likeness (QED) is 0.365. The molecular formula is C28H25ClN4O4S. The molecule has 0 bridgehead atoms. The van der Waals surface area contributed by atoms with Gasteiger partial charge in [0.2, 0.25) is 5.95 Å². The lowest BCUT2D eigenvalue weighted by Gasteiger charge is -2.29. The molecule has 0 fully saturated rings. The molecule has 8 nitrogen and oxygen atoms in total. The molecule has 0 unspecified atom stereocenters. The fourth-order valence-electron chi connectivity index (χ4n) is 4.38. The molecule has 1 aromatic heterocycles. The number of anilines is 1. The largest absolute Gasteiger partial charge is 0.497 e. The predicted molar refractivity (Wildman–Crippen MR) is 145 cm³/mol. The summed E-state index contributed by atoms with van der Waals surface area (Å²) in [5.41, 5.74) is 3.80. The van der Waals surface area contributed by atoms with Crippen molar-refractivity contribution in [2.24, 2.45) is 0 Å². The number of fused-ring (bicyclic) bond motifs is 1. The number of sulfonamides is 1. The minimum Gasteiger partial charge on any atom is -0.497 e. The Balaban J connectivity index is 1.46. The van der Waals surface area contributed by atoms with Gasteiger partial charge in [0.15, 0.2) is 0 Å². The van der Waals surface area contributed by atoms with E-state index < -0.39 is 15.9 Å². The number of hydrogen-bond donors (Lipinski definition) is 1. The first kappa shape index (κ1) is 25.7. The third kappa shape index (κ3) is 5.64. The topological polar surface area (TPSA) is 101 Å². The molecule has 1 N–H and O–H groups in total. The Kier molecular flexibility index (Phi) is 7.31. The van der Waals surface area contributed by atoms with E-state index in [4.69, 9.17) is 21.3 Å². The molecule has 1 aliphatic rings. The lowest BCUT2D eigenvalue weighted by atomic mass is 10.0. The highest BCUT2D eigenvalue weighted by Crippen LogP contribution is 2.24. The van der Waals surface area contributed by atoms with Gasteiger partial charge >= 0.3 is 0 Å². The van der Waals surface area contributed by atoms with Crippen LogP contribution in [0.25, 0.3) is 0 Å². The summed E-state index contributed by atoms with van der Waals surface area (Å²) in [4.78, 5) is 24.4. The number of carbonyl (C=O) groups is 1. The Bertz CT molecular complexity index is 1590. The van der Waals surface area contributed by atoms with Crippen LogP contribution < -0.4 is 14.4 Å². The number of aromatic nitrogens is 2. The second kappa shape index (κ2) is 10.8. The molecule has 0 saturated heterocycles. The molecule has 0 radical (unpaired) electrons. The molecule has 3 aromatic carbocycles. The maximum Gasteiger partial charge on any atom is 0.268 e. The maximum absolute atomic E-state index is 13.3. The highest BCUT2D eigenvalue weighted by molar-refractivity contribution is 7.90. The van der Waals surface area contributed by atoms with Crippen LogP contribution in [0.3, 0.4) is 0 Å². The van der Waals surface area contributed by atoms with Gasteiger partial charge in [0.1, 0.15) is 5.75 Å². The molecule has 10 heteroatoms. The third-order valence-corrected chi connectivity index (χ3v) is 7.95. The van der Waals surface area contributed by atoms with Crippen molar-refractivity contribution in [1.82, 2.24) is 14.7 Å². The number of carbonyl (C=O) groups excluding carboxylic acids is 1. The SMILES string of the molecule is COc1ccc(S(=O)(=O)NC(=O)c2cnc(N3CCc4ccccc4C3)nc2Cc2cccc(Cl)c2)cc1. The third-order valence-electron chi connectivity index (χ3n) is 6.37. The number of rotatable bonds is 7. The first-order valence-electron chi connectivity index (χ1n) is 12.0. The van der Waals surface area contributed by atoms with Gasteiger partial charge in [0.25, 0.3) is 15.9 Å². The summed E-state index contributed by atoms with van der Waals surface area (Å²) in [6.07, 6.45) is 2.51. The van der Waals surface area contributed by atoms with Gasteiger partial charge in [-0.15, -0.1) is 0 Å². The summed E-state index contributed by atoms with van der Waals surface area (Å²) in [6.45, 7) is 1.37. The normalized spacial score (nSPS) is 13.1. The zero-order valence-electron chi connectivity index (χ0n) is 20.6. The van der Waals surface area contributed by atoms with E-state index in [-0.39, 0.29) is 16.9 Å². The molecule has 38 heavy (non-hydrogen) atoms. The Morgan fingerprint density at radius 1 is 1.05 bits per heavy atom. The van der Waals surface area contributed by atoms with E-state index in [1.807, 2.05) is 24.3 Å². The summed E-state index contributed by atoms with van der Waals surface area (Å²) in [5.74, 6) is 0.169. The van der Waals surface area contributed by atoms with Crippen LogP contribution in [0.1, 0.15) is 32.7 Å². The van der Waals surface area contributed by atoms with Crippen molar-refractivity contribution in [3.8, 4) is 5.75 Å². The van der Waals surface area contributed by atoms with Gasteiger partial charge in [-0.2, -0.15) is 0 Å². The molecule has 5 rings (SSSR count). The molecule has 0 spiro atoms. The van der Waals surface area contributed by atoms with Crippen LogP contribution in [0.2, 0.25) is 5.02 Å². The van der Waals surface area contributed by atoms with Gasteiger partial charge in [-0.1, -0.05) is 48.0 Å². The number of nitrogens with zero attached hydrogens (tertiary/aromatic N) is 3. The van der Waals surface area contributed by atoms with Crippen molar-refractivity contribution in [3.63, 3.8) is 0 Å². The fourth-order valence-corrected chi connectivity index (χ4v) is 5.56. The van der Waals surface area contributed by atoms with Crippen molar-refractivity contribution >= 4 is 33.5 Å². The van der Waals surface area contributed by atoms with Crippen LogP contribution >= 0.6 is 11.6 Å². The average molecular weight is 549 g/mol. The van der Waals surface area contributed by atoms with Gasteiger partial charge in [-0.3, -0.25) is 4.79 Å². The van der Waals surface area contributed by atoms with E-state index in [9.17, 15) is 13.2 Å². The number of amides is 1. The Morgan fingerprint density at radius 2 is 1.82 bits per heavy atom. The molecule has 4 aromatic rings. The lowest BCUT2D eigenvalue weighted by molar-refractivity contribution is 0.0980. The number of benzene rings is 3. The summed E-state index contributed by atoms with van der Waals surface area (Å²) in [6, 6.07) is 21.2. The minimum atomic E-state index is -4.14. The molecule has 194 valence electrons. The first-order valence-corrected chi connectivity index (χ1v) is 13.8. The van der Waals surface area contributed by atoms with Crippen LogP contribution in [-0.4, -0.2) is 37.9 Å². The Labute approximate surface area is 226 Å². The minimum absolute atomic E-state index is 0.0624. The highest BCUT2D eigenvalue weighted by Gasteiger charge is 2.24. The smallest absolute Gasteiger partial charge is 0.268 e. The zero-order chi connectivity index (χ0) is 26.7. The van der Waals surface area contributed by atoms with Crippen LogP contribution in [0.4, 0.5) is 5.95 Å². The Hall–Kier alpha value is -3.95. The van der Waals surface area contributed by atoms with E-state index in [0.717, 1.165) is 18.5 Å². The monoisotopic (exact) mass is 548 g/mol. The highest BCUT2D eigenvalue weighted by atomic mass is 35.5. The molecular weight excluding hydrogens is 524 g/mol. The Morgan fingerprint density at radius 3 is 2.55 bits per heavy atom. The fraction of sp³-hybridized carbons (Fsp3) is 0.179. The molecule has 1 aliphatic heterocycles. The first-order chi connectivity index (χ1) is 18.3. The number of nitrogens with one attached hydrogen (secondary N) is 1. The predicted octanol–water partition coefficient (Wildman–Crippen LogP) is 4.41. The molecule has 2 heterocycles. The summed E-state index contributed by atoms with van der Waals surface area (Å²) < 4.78 is 33.1. The van der Waals surface area contributed by atoms with Gasteiger partial charge < -0.3 is 9.64 Å². The van der Waals surface area contributed by atoms with E-state index >= 15 is 0 Å². The second-order valence-corrected chi connectivity index (χ2v) is 11.0. The molecule has 0 aliphatic carbocycles. The molecule has 0 atom stereocenters. The summed E-state index contributed by atoms with van der Waals surface area (Å²) in [5, 5.41) is 0.553. The average Bonchev–Trinajstić information content (AvgIpc) is 2.92. The van der Waals surface area contributed by atoms with Crippen molar-refractivity contribution in [3.05, 3.63) is 112 Å². The van der Waals surface area contributed by atoms with Crippen LogP contribution in [0.15, 0.2) is 83.9 Å². The van der Waals surface area contributed by atoms with Gasteiger partial charge in [-0.25, -0.2) is 23.1 Å². The van der Waals surface area contributed by atoms with Crippen LogP contribution in [0.5, 0.6) is 5.75 Å². The van der Waals surface area contributed by atoms with Crippen molar-refractivity contribution in [1.29, 1.82) is 0 Å². The van der Waals surface area contributed by atoms with Crippen molar-refractivity contribution < 1.29 is 17.9 Å². The standard InChI is InChI=1S/C28H25ClN4O4S/c1-37-23-9-11-24(12-10-23)38(35,36)32-27(34)25-17-30-28(31-26(25)16-19-5-4-8-22(29)15-19)33-14-13-20-6-2-3-7-21(20)18-33/h2-12,15,17H,13-14,16,18H2,1H3,(H,32,34). The zero-order valence-corrected chi connectivity index (χ0v) is 22.2. The van der Waals surface area contributed by atoms with Crippen LogP contribution in [0, 0.1) is 0 Å². The maximum atomic E-state index is 13.3. The number of methoxy groups -OCH3 is 1. The van der Waals surface area contributed by atoms with E-state index in [2.05, 4.69) is 26.7 Å². The van der Waals surface area contributed by atoms with Crippen molar-refractivity contribution in [2.45, 2.75) is 24.3 Å². The van der Waals surface area contributed by atoms with Gasteiger partial charge in [0, 0.05) is 30.7 Å². The number of ether oxygens (including phenoxy) is 1. The summed E-state index contributed by atoms with van der Waals surface area (Å²) >= 11 is 6.18. The van der Waals surface area contributed by atoms with Crippen LogP contribution in [-0.2, 0) is 29.4 Å². The number of halogens is 1. The van der Waals surface area contributed by atoms with E-state index in [1.54, 1.807) is 12.1 Å². The summed E-state index contributed by atoms with van der Waals surface area (Å²) in [7, 11) is -2.65. The molecule has 0 saturated carbocycles. The van der Waals surface area contributed by atoms with E-state index in [0.29, 0.717) is 29.0 Å². The van der Waals surface area contributed by atoms with Crippen molar-refractivity contribution in [2.75, 3.05) is 18.6 Å². The molecule has 1 amide bonds. The second-order valence-electron chi connectivity index (χ2n) is 8.89. The lowest BCUT2D eigenvalue weighted by Crippen LogP contribution is -2.34. The van der Waals surface area contributed by atoms with Gasteiger partial charge in [0.05, 0.1) is 23.3 Å².